The monoisotopic (exact) mass is 288 g/mol. The first kappa shape index (κ1) is 14.5. The lowest BCUT2D eigenvalue weighted by atomic mass is 10.2. The van der Waals surface area contributed by atoms with Crippen LogP contribution in [0.2, 0.25) is 0 Å². The van der Waals surface area contributed by atoms with Gasteiger partial charge in [-0.25, -0.2) is 4.39 Å². The fraction of sp³-hybridized carbons (Fsp3) is 0.0667. The van der Waals surface area contributed by atoms with Gasteiger partial charge in [0.2, 0.25) is 0 Å². The molecule has 0 saturated carbocycles. The van der Waals surface area contributed by atoms with Crippen LogP contribution in [0.3, 0.4) is 0 Å². The van der Waals surface area contributed by atoms with Crippen LogP contribution in [0.15, 0.2) is 53.7 Å². The normalized spacial score (nSPS) is 10.5. The molecule has 2 rings (SSSR count). The molecule has 5 nitrogen and oxygen atoms in total. The highest BCUT2D eigenvalue weighted by Crippen LogP contribution is 2.16. The number of nitrogens with zero attached hydrogens (tertiary/aromatic N) is 1. The van der Waals surface area contributed by atoms with E-state index in [9.17, 15) is 9.18 Å². The summed E-state index contributed by atoms with van der Waals surface area (Å²) in [5, 5.41) is 14.0. The Balaban J connectivity index is 1.93. The molecule has 0 unspecified atom stereocenters. The average Bonchev–Trinajstić information content (AvgIpc) is 2.49. The van der Waals surface area contributed by atoms with Crippen LogP contribution < -0.4 is 10.1 Å². The van der Waals surface area contributed by atoms with Crippen molar-refractivity contribution in [1.29, 1.82) is 0 Å². The average molecular weight is 288 g/mol. The van der Waals surface area contributed by atoms with Gasteiger partial charge in [-0.15, -0.1) is 0 Å². The van der Waals surface area contributed by atoms with E-state index < -0.39 is 0 Å². The van der Waals surface area contributed by atoms with E-state index in [0.29, 0.717) is 17.0 Å². The molecule has 0 aliphatic rings. The first-order valence-corrected chi connectivity index (χ1v) is 6.14. The number of oxime groups is 1. The molecule has 108 valence electrons. The van der Waals surface area contributed by atoms with E-state index in [2.05, 4.69) is 10.5 Å². The summed E-state index contributed by atoms with van der Waals surface area (Å²) in [6.07, 6.45) is 1.22. The van der Waals surface area contributed by atoms with Crippen LogP contribution in [-0.4, -0.2) is 23.9 Å². The lowest BCUT2D eigenvalue weighted by Crippen LogP contribution is -2.20. The summed E-state index contributed by atoms with van der Waals surface area (Å²) >= 11 is 0. The summed E-state index contributed by atoms with van der Waals surface area (Å²) in [4.78, 5) is 11.7. The van der Waals surface area contributed by atoms with E-state index >= 15 is 0 Å². The summed E-state index contributed by atoms with van der Waals surface area (Å²) in [7, 11) is 0. The van der Waals surface area contributed by atoms with Gasteiger partial charge >= 0.3 is 0 Å². The topological polar surface area (TPSA) is 70.9 Å². The lowest BCUT2D eigenvalue weighted by molar-refractivity contribution is -0.118. The molecule has 0 bridgehead atoms. The maximum atomic E-state index is 12.7. The molecule has 2 aromatic rings. The van der Waals surface area contributed by atoms with Crippen molar-refractivity contribution in [3.63, 3.8) is 0 Å². The van der Waals surface area contributed by atoms with Crippen LogP contribution >= 0.6 is 0 Å². The Bertz CT molecular complexity index is 642. The minimum Gasteiger partial charge on any atom is -0.483 e. The highest BCUT2D eigenvalue weighted by atomic mass is 19.1. The Morgan fingerprint density at radius 1 is 1.24 bits per heavy atom. The zero-order valence-electron chi connectivity index (χ0n) is 11.0. The number of hydrogen-bond donors (Lipinski definition) is 2. The van der Waals surface area contributed by atoms with Gasteiger partial charge in [-0.1, -0.05) is 17.3 Å². The molecular formula is C15H13FN2O3. The summed E-state index contributed by atoms with van der Waals surface area (Å²) < 4.78 is 18.1. The summed E-state index contributed by atoms with van der Waals surface area (Å²) in [6.45, 7) is -0.215. The molecule has 0 fully saturated rings. The largest absolute Gasteiger partial charge is 0.483 e. The Kier molecular flexibility index (Phi) is 4.87. The number of para-hydroxylation sites is 1. The number of carbonyl (C=O) groups excluding carboxylic acids is 1. The molecule has 0 radical (unpaired) electrons. The van der Waals surface area contributed by atoms with E-state index in [1.807, 2.05) is 0 Å². The predicted molar refractivity (Wildman–Crippen MR) is 76.3 cm³/mol. The van der Waals surface area contributed by atoms with E-state index in [4.69, 9.17) is 9.94 Å². The molecule has 2 aromatic carbocycles. The molecule has 0 aliphatic heterocycles. The first-order chi connectivity index (χ1) is 10.2. The highest BCUT2D eigenvalue weighted by Gasteiger charge is 2.06. The molecule has 1 amide bonds. The summed E-state index contributed by atoms with van der Waals surface area (Å²) in [6, 6.07) is 12.3. The molecular weight excluding hydrogens is 275 g/mol. The number of rotatable bonds is 5. The van der Waals surface area contributed by atoms with Crippen molar-refractivity contribution in [2.45, 2.75) is 0 Å². The minimum absolute atomic E-state index is 0.215. The highest BCUT2D eigenvalue weighted by molar-refractivity contribution is 5.92. The van der Waals surface area contributed by atoms with Gasteiger partial charge in [0.05, 0.1) is 6.21 Å². The Morgan fingerprint density at radius 2 is 1.95 bits per heavy atom. The molecule has 21 heavy (non-hydrogen) atoms. The molecule has 0 saturated heterocycles. The van der Waals surface area contributed by atoms with Crippen molar-refractivity contribution in [2.24, 2.45) is 5.16 Å². The van der Waals surface area contributed by atoms with Gasteiger partial charge < -0.3 is 15.3 Å². The van der Waals surface area contributed by atoms with Gasteiger partial charge in [-0.2, -0.15) is 0 Å². The standard InChI is InChI=1S/C15H13FN2O3/c16-12-5-7-13(8-6-12)18-15(19)10-21-14-4-2-1-3-11(14)9-17-20/h1-9,20H,10H2,(H,18,19). The number of nitrogens with one attached hydrogen (secondary N) is 1. The molecule has 0 spiro atoms. The predicted octanol–water partition coefficient (Wildman–Crippen LogP) is 2.65. The fourth-order valence-electron chi connectivity index (χ4n) is 1.65. The smallest absolute Gasteiger partial charge is 0.262 e. The molecule has 6 heteroatoms. The van der Waals surface area contributed by atoms with Crippen molar-refractivity contribution in [3.8, 4) is 5.75 Å². The molecule has 0 aromatic heterocycles. The van der Waals surface area contributed by atoms with Crippen LogP contribution in [0.25, 0.3) is 0 Å². The first-order valence-electron chi connectivity index (χ1n) is 6.14. The van der Waals surface area contributed by atoms with Gasteiger partial charge in [0.15, 0.2) is 6.61 Å². The number of halogens is 1. The second-order valence-electron chi connectivity index (χ2n) is 4.13. The van der Waals surface area contributed by atoms with E-state index in [-0.39, 0.29) is 18.3 Å². The molecule has 0 atom stereocenters. The van der Waals surface area contributed by atoms with E-state index in [0.717, 1.165) is 0 Å². The van der Waals surface area contributed by atoms with Gasteiger partial charge in [0.1, 0.15) is 11.6 Å². The zero-order valence-corrected chi connectivity index (χ0v) is 11.0. The van der Waals surface area contributed by atoms with Crippen molar-refractivity contribution in [1.82, 2.24) is 0 Å². The lowest BCUT2D eigenvalue weighted by Gasteiger charge is -2.09. The van der Waals surface area contributed by atoms with E-state index in [1.165, 1.54) is 30.5 Å². The van der Waals surface area contributed by atoms with Crippen LogP contribution in [0.4, 0.5) is 10.1 Å². The third-order valence-corrected chi connectivity index (χ3v) is 2.60. The van der Waals surface area contributed by atoms with Crippen molar-refractivity contribution in [3.05, 3.63) is 59.9 Å². The Hall–Kier alpha value is -2.89. The zero-order chi connectivity index (χ0) is 15.1. The van der Waals surface area contributed by atoms with Crippen LogP contribution in [0, 0.1) is 5.82 Å². The number of hydrogen-bond acceptors (Lipinski definition) is 4. The number of ether oxygens (including phenoxy) is 1. The molecule has 0 aliphatic carbocycles. The van der Waals surface area contributed by atoms with Crippen molar-refractivity contribution >= 4 is 17.8 Å². The van der Waals surface area contributed by atoms with Crippen molar-refractivity contribution in [2.75, 3.05) is 11.9 Å². The third kappa shape index (κ3) is 4.31. The Labute approximate surface area is 120 Å². The van der Waals surface area contributed by atoms with Gasteiger partial charge in [-0.05, 0) is 36.4 Å². The van der Waals surface area contributed by atoms with Gasteiger partial charge in [0, 0.05) is 11.3 Å². The quantitative estimate of drug-likeness (QED) is 0.505. The van der Waals surface area contributed by atoms with E-state index in [1.54, 1.807) is 24.3 Å². The van der Waals surface area contributed by atoms with Crippen LogP contribution in [-0.2, 0) is 4.79 Å². The van der Waals surface area contributed by atoms with Crippen LogP contribution in [0.1, 0.15) is 5.56 Å². The number of amides is 1. The maximum Gasteiger partial charge on any atom is 0.262 e. The van der Waals surface area contributed by atoms with Gasteiger partial charge in [-0.3, -0.25) is 4.79 Å². The molecule has 2 N–H and O–H groups in total. The molecule has 0 heterocycles. The Morgan fingerprint density at radius 3 is 2.67 bits per heavy atom. The second kappa shape index (κ2) is 7.04. The van der Waals surface area contributed by atoms with Crippen molar-refractivity contribution < 1.29 is 19.1 Å². The maximum absolute atomic E-state index is 12.7. The van der Waals surface area contributed by atoms with Crippen LogP contribution in [0.5, 0.6) is 5.75 Å². The SMILES string of the molecule is O=C(COc1ccccc1C=NO)Nc1ccc(F)cc1. The summed E-state index contributed by atoms with van der Waals surface area (Å²) in [5.74, 6) is -0.330. The second-order valence-corrected chi connectivity index (χ2v) is 4.13. The number of anilines is 1. The van der Waals surface area contributed by atoms with Gasteiger partial charge in [0.25, 0.3) is 5.91 Å². The third-order valence-electron chi connectivity index (χ3n) is 2.60. The summed E-state index contributed by atoms with van der Waals surface area (Å²) in [5.41, 5.74) is 1.03. The fourth-order valence-corrected chi connectivity index (χ4v) is 1.65. The number of benzene rings is 2. The number of carbonyl (C=O) groups is 1. The minimum atomic E-state index is -0.377.